The Bertz CT molecular complexity index is 667. The number of rotatable bonds is 2. The van der Waals surface area contributed by atoms with E-state index in [0.717, 1.165) is 12.1 Å². The molecule has 0 saturated carbocycles. The van der Waals surface area contributed by atoms with E-state index in [1.807, 2.05) is 0 Å². The number of esters is 1. The SMILES string of the molecule is COC(=O)c1cc(-c2ccc(C(F)(F)F)cc2)cnc1N. The number of alkyl halides is 3. The number of anilines is 1. The lowest BCUT2D eigenvalue weighted by Crippen LogP contribution is -2.07. The predicted molar refractivity (Wildman–Crippen MR) is 70.4 cm³/mol. The summed E-state index contributed by atoms with van der Waals surface area (Å²) in [4.78, 5) is 15.4. The van der Waals surface area contributed by atoms with Gasteiger partial charge in [-0.3, -0.25) is 0 Å². The molecule has 0 unspecified atom stereocenters. The number of pyridine rings is 1. The third kappa shape index (κ3) is 3.13. The van der Waals surface area contributed by atoms with E-state index in [0.29, 0.717) is 11.1 Å². The molecular weight excluding hydrogens is 285 g/mol. The number of nitrogens with zero attached hydrogens (tertiary/aromatic N) is 1. The first kappa shape index (κ1) is 14.8. The molecule has 4 nitrogen and oxygen atoms in total. The first-order valence-corrected chi connectivity index (χ1v) is 5.84. The van der Waals surface area contributed by atoms with Crippen LogP contribution in [0.15, 0.2) is 36.5 Å². The fourth-order valence-electron chi connectivity index (χ4n) is 1.76. The van der Waals surface area contributed by atoms with Crippen LogP contribution in [0.1, 0.15) is 15.9 Å². The highest BCUT2D eigenvalue weighted by molar-refractivity contribution is 5.95. The maximum absolute atomic E-state index is 12.5. The van der Waals surface area contributed by atoms with E-state index in [9.17, 15) is 18.0 Å². The second kappa shape index (κ2) is 5.43. The fraction of sp³-hybridized carbons (Fsp3) is 0.143. The van der Waals surface area contributed by atoms with Gasteiger partial charge < -0.3 is 10.5 Å². The van der Waals surface area contributed by atoms with Crippen molar-refractivity contribution in [2.24, 2.45) is 0 Å². The van der Waals surface area contributed by atoms with Crippen LogP contribution >= 0.6 is 0 Å². The van der Waals surface area contributed by atoms with Gasteiger partial charge in [0.2, 0.25) is 0 Å². The Morgan fingerprint density at radius 3 is 2.33 bits per heavy atom. The van der Waals surface area contributed by atoms with Crippen molar-refractivity contribution in [1.82, 2.24) is 4.98 Å². The number of carbonyl (C=O) groups is 1. The Morgan fingerprint density at radius 2 is 1.81 bits per heavy atom. The summed E-state index contributed by atoms with van der Waals surface area (Å²) >= 11 is 0. The molecule has 0 saturated heterocycles. The highest BCUT2D eigenvalue weighted by Gasteiger charge is 2.30. The van der Waals surface area contributed by atoms with Gasteiger partial charge in [0.1, 0.15) is 11.4 Å². The second-order valence-electron chi connectivity index (χ2n) is 4.22. The molecule has 0 aliphatic rings. The average Bonchev–Trinajstić information content (AvgIpc) is 2.46. The van der Waals surface area contributed by atoms with Gasteiger partial charge in [0.25, 0.3) is 0 Å². The lowest BCUT2D eigenvalue weighted by molar-refractivity contribution is -0.137. The number of carbonyl (C=O) groups excluding carboxylic acids is 1. The fourth-order valence-corrected chi connectivity index (χ4v) is 1.76. The van der Waals surface area contributed by atoms with Crippen molar-refractivity contribution in [3.63, 3.8) is 0 Å². The van der Waals surface area contributed by atoms with Crippen LogP contribution < -0.4 is 5.73 Å². The third-order valence-corrected chi connectivity index (χ3v) is 2.87. The molecule has 0 aliphatic carbocycles. The van der Waals surface area contributed by atoms with Crippen molar-refractivity contribution >= 4 is 11.8 Å². The lowest BCUT2D eigenvalue weighted by atomic mass is 10.0. The Hall–Kier alpha value is -2.57. The van der Waals surface area contributed by atoms with Crippen molar-refractivity contribution in [2.45, 2.75) is 6.18 Å². The van der Waals surface area contributed by atoms with Gasteiger partial charge >= 0.3 is 12.1 Å². The van der Waals surface area contributed by atoms with Crippen molar-refractivity contribution in [3.05, 3.63) is 47.7 Å². The molecule has 0 spiro atoms. The summed E-state index contributed by atoms with van der Waals surface area (Å²) in [6, 6.07) is 5.96. The number of hydrogen-bond donors (Lipinski definition) is 1. The number of hydrogen-bond acceptors (Lipinski definition) is 4. The topological polar surface area (TPSA) is 65.2 Å². The van der Waals surface area contributed by atoms with Gasteiger partial charge in [0.15, 0.2) is 0 Å². The summed E-state index contributed by atoms with van der Waals surface area (Å²) in [5.74, 6) is -0.661. The number of ether oxygens (including phenoxy) is 1. The zero-order valence-corrected chi connectivity index (χ0v) is 10.9. The summed E-state index contributed by atoms with van der Waals surface area (Å²) in [6.45, 7) is 0. The number of nitrogen functional groups attached to an aromatic ring is 1. The monoisotopic (exact) mass is 296 g/mol. The van der Waals surface area contributed by atoms with Crippen LogP contribution in [0.5, 0.6) is 0 Å². The van der Waals surface area contributed by atoms with Crippen LogP contribution in [-0.4, -0.2) is 18.1 Å². The molecule has 2 rings (SSSR count). The van der Waals surface area contributed by atoms with E-state index < -0.39 is 17.7 Å². The van der Waals surface area contributed by atoms with Crippen molar-refractivity contribution in [3.8, 4) is 11.1 Å². The highest BCUT2D eigenvalue weighted by atomic mass is 19.4. The summed E-state index contributed by atoms with van der Waals surface area (Å²) in [7, 11) is 1.20. The number of benzene rings is 1. The van der Waals surface area contributed by atoms with Crippen molar-refractivity contribution in [2.75, 3.05) is 12.8 Å². The van der Waals surface area contributed by atoms with Crippen molar-refractivity contribution < 1.29 is 22.7 Å². The number of nitrogens with two attached hydrogens (primary N) is 1. The smallest absolute Gasteiger partial charge is 0.416 e. The summed E-state index contributed by atoms with van der Waals surface area (Å²) in [5.41, 5.74) is 5.84. The van der Waals surface area contributed by atoms with Crippen LogP contribution in [0.4, 0.5) is 19.0 Å². The van der Waals surface area contributed by atoms with E-state index in [4.69, 9.17) is 5.73 Å². The largest absolute Gasteiger partial charge is 0.465 e. The highest BCUT2D eigenvalue weighted by Crippen LogP contribution is 2.31. The minimum absolute atomic E-state index is 0.00230. The summed E-state index contributed by atoms with van der Waals surface area (Å²) in [6.07, 6.45) is -3.01. The Kier molecular flexibility index (Phi) is 3.84. The van der Waals surface area contributed by atoms with Gasteiger partial charge in [-0.2, -0.15) is 13.2 Å². The molecule has 1 aromatic heterocycles. The van der Waals surface area contributed by atoms with Crippen LogP contribution in [0.2, 0.25) is 0 Å². The number of methoxy groups -OCH3 is 1. The van der Waals surface area contributed by atoms with Gasteiger partial charge in [-0.25, -0.2) is 9.78 Å². The third-order valence-electron chi connectivity index (χ3n) is 2.87. The Labute approximate surface area is 118 Å². The van der Waals surface area contributed by atoms with Gasteiger partial charge in [-0.15, -0.1) is 0 Å². The molecule has 0 amide bonds. The molecule has 0 radical (unpaired) electrons. The molecule has 0 fully saturated rings. The zero-order chi connectivity index (χ0) is 15.6. The molecular formula is C14H11F3N2O2. The Balaban J connectivity index is 2.41. The number of halogens is 3. The molecule has 21 heavy (non-hydrogen) atoms. The summed E-state index contributed by atoms with van der Waals surface area (Å²) < 4.78 is 42.1. The molecule has 2 aromatic rings. The normalized spacial score (nSPS) is 11.2. The van der Waals surface area contributed by atoms with E-state index in [1.165, 1.54) is 31.5 Å². The Morgan fingerprint density at radius 1 is 1.19 bits per heavy atom. The molecule has 7 heteroatoms. The second-order valence-corrected chi connectivity index (χ2v) is 4.22. The van der Waals surface area contributed by atoms with E-state index in [2.05, 4.69) is 9.72 Å². The molecule has 110 valence electrons. The molecule has 1 aromatic carbocycles. The molecule has 1 heterocycles. The maximum Gasteiger partial charge on any atom is 0.416 e. The standard InChI is InChI=1S/C14H11F3N2O2/c1-21-13(20)11-6-9(7-19-12(11)18)8-2-4-10(5-3-8)14(15,16)17/h2-7H,1H3,(H2,18,19). The van der Waals surface area contributed by atoms with E-state index in [-0.39, 0.29) is 11.4 Å². The van der Waals surface area contributed by atoms with Gasteiger partial charge in [-0.05, 0) is 23.8 Å². The van der Waals surface area contributed by atoms with Crippen LogP contribution in [0.25, 0.3) is 11.1 Å². The molecule has 0 bridgehead atoms. The van der Waals surface area contributed by atoms with E-state index >= 15 is 0 Å². The van der Waals surface area contributed by atoms with E-state index in [1.54, 1.807) is 0 Å². The maximum atomic E-state index is 12.5. The van der Waals surface area contributed by atoms with Gasteiger partial charge in [0.05, 0.1) is 12.7 Å². The summed E-state index contributed by atoms with van der Waals surface area (Å²) in [5, 5.41) is 0. The minimum atomic E-state index is -4.39. The van der Waals surface area contributed by atoms with Gasteiger partial charge in [0, 0.05) is 11.8 Å². The minimum Gasteiger partial charge on any atom is -0.465 e. The predicted octanol–water partition coefficient (Wildman–Crippen LogP) is 3.14. The molecule has 0 aliphatic heterocycles. The van der Waals surface area contributed by atoms with Crippen LogP contribution in [0, 0.1) is 0 Å². The molecule has 2 N–H and O–H groups in total. The first-order chi connectivity index (χ1) is 9.82. The lowest BCUT2D eigenvalue weighted by Gasteiger charge is -2.09. The van der Waals surface area contributed by atoms with Crippen LogP contribution in [-0.2, 0) is 10.9 Å². The number of aromatic nitrogens is 1. The zero-order valence-electron chi connectivity index (χ0n) is 10.9. The van der Waals surface area contributed by atoms with Crippen LogP contribution in [0.3, 0.4) is 0 Å². The average molecular weight is 296 g/mol. The van der Waals surface area contributed by atoms with Crippen molar-refractivity contribution in [1.29, 1.82) is 0 Å². The molecule has 0 atom stereocenters. The first-order valence-electron chi connectivity index (χ1n) is 5.84. The quantitative estimate of drug-likeness (QED) is 0.865. The van der Waals surface area contributed by atoms with Gasteiger partial charge in [-0.1, -0.05) is 12.1 Å².